The summed E-state index contributed by atoms with van der Waals surface area (Å²) in [6, 6.07) is 17.8. The fourth-order valence-electron chi connectivity index (χ4n) is 5.92. The summed E-state index contributed by atoms with van der Waals surface area (Å²) in [6.07, 6.45) is 16.1. The third-order valence-electron chi connectivity index (χ3n) is 8.62. The predicted molar refractivity (Wildman–Crippen MR) is 202 cm³/mol. The van der Waals surface area contributed by atoms with E-state index in [0.717, 1.165) is 27.1 Å². The fraction of sp³-hybridized carbons (Fsp3) is 0.308. The van der Waals surface area contributed by atoms with E-state index in [-0.39, 0.29) is 48.3 Å². The van der Waals surface area contributed by atoms with Crippen molar-refractivity contribution in [2.45, 2.75) is 38.3 Å². The van der Waals surface area contributed by atoms with Gasteiger partial charge in [0.1, 0.15) is 6.04 Å². The molecule has 0 fully saturated rings. The number of amides is 4. The van der Waals surface area contributed by atoms with Gasteiger partial charge in [0.2, 0.25) is 23.6 Å². The van der Waals surface area contributed by atoms with Gasteiger partial charge in [0.05, 0.1) is 11.8 Å². The predicted octanol–water partition coefficient (Wildman–Crippen LogP) is 3.84. The van der Waals surface area contributed by atoms with Crippen molar-refractivity contribution in [1.82, 2.24) is 31.9 Å². The maximum absolute atomic E-state index is 13.3. The van der Waals surface area contributed by atoms with Crippen LogP contribution in [0, 0.1) is 11.8 Å². The molecule has 0 spiro atoms. The summed E-state index contributed by atoms with van der Waals surface area (Å²) in [4.78, 5) is 50.4. The van der Waals surface area contributed by atoms with Gasteiger partial charge in [-0.05, 0) is 64.7 Å². The highest BCUT2D eigenvalue weighted by Crippen LogP contribution is 2.28. The standard InChI is InChI=1S/C39H44N6O4S/c46-35(40-21-9-22-41-36(47)27-11-1-2-12-27)20-19-34(38(49)43-24-10-23-42-37(48)28-13-3-4-14-28)45-39(50)44-26-33-31-17-7-5-15-29(31)25-30-16-6-8-18-32(30)33/h1-8,11-18,25,27-28,34H,9-10,19-24,26H2,(H,40,46)(H,41,47)(H,42,48)(H,43,49)(H2,44,45,50)/t34-/m1/s1. The molecular formula is C39H44N6O4S. The van der Waals surface area contributed by atoms with Crippen LogP contribution in [0.2, 0.25) is 0 Å². The Labute approximate surface area is 297 Å². The second-order valence-corrected chi connectivity index (χ2v) is 12.6. The molecule has 1 atom stereocenters. The lowest BCUT2D eigenvalue weighted by atomic mass is 9.97. The molecule has 6 N–H and O–H groups in total. The fourth-order valence-corrected chi connectivity index (χ4v) is 6.14. The number of allylic oxidation sites excluding steroid dienone is 4. The molecule has 2 aliphatic rings. The van der Waals surface area contributed by atoms with E-state index in [4.69, 9.17) is 12.2 Å². The zero-order chi connectivity index (χ0) is 35.1. The lowest BCUT2D eigenvalue weighted by Gasteiger charge is -2.21. The van der Waals surface area contributed by atoms with Crippen LogP contribution in [-0.2, 0) is 25.7 Å². The number of benzene rings is 3. The van der Waals surface area contributed by atoms with Crippen molar-refractivity contribution in [3.63, 3.8) is 0 Å². The Kier molecular flexibility index (Phi) is 13.3. The summed E-state index contributed by atoms with van der Waals surface area (Å²) < 4.78 is 0. The molecule has 4 amide bonds. The number of nitrogens with one attached hydrogen (secondary N) is 6. The van der Waals surface area contributed by atoms with E-state index in [1.54, 1.807) is 0 Å². The smallest absolute Gasteiger partial charge is 0.242 e. The Morgan fingerprint density at radius 3 is 1.70 bits per heavy atom. The molecule has 5 rings (SSSR count). The Morgan fingerprint density at radius 2 is 1.14 bits per heavy atom. The second-order valence-electron chi connectivity index (χ2n) is 12.2. The van der Waals surface area contributed by atoms with Gasteiger partial charge < -0.3 is 31.9 Å². The van der Waals surface area contributed by atoms with Gasteiger partial charge in [0.25, 0.3) is 0 Å². The zero-order valence-corrected chi connectivity index (χ0v) is 28.8. The van der Waals surface area contributed by atoms with E-state index in [1.165, 1.54) is 0 Å². The number of rotatable bonds is 17. The molecule has 50 heavy (non-hydrogen) atoms. The monoisotopic (exact) mass is 692 g/mol. The molecule has 3 aromatic carbocycles. The zero-order valence-electron chi connectivity index (χ0n) is 28.0. The lowest BCUT2D eigenvalue weighted by molar-refractivity contribution is -0.124. The van der Waals surface area contributed by atoms with Crippen molar-refractivity contribution in [3.8, 4) is 0 Å². The minimum Gasteiger partial charge on any atom is -0.359 e. The van der Waals surface area contributed by atoms with Crippen LogP contribution in [0.15, 0.2) is 103 Å². The van der Waals surface area contributed by atoms with Crippen molar-refractivity contribution < 1.29 is 19.2 Å². The first-order valence-corrected chi connectivity index (χ1v) is 17.5. The number of carbonyl (C=O) groups excluding carboxylic acids is 4. The molecule has 0 heterocycles. The summed E-state index contributed by atoms with van der Waals surface area (Å²) in [7, 11) is 0. The average molecular weight is 693 g/mol. The van der Waals surface area contributed by atoms with Crippen LogP contribution in [0.25, 0.3) is 21.5 Å². The number of hydrogen-bond donors (Lipinski definition) is 6. The van der Waals surface area contributed by atoms with Gasteiger partial charge in [0.15, 0.2) is 5.11 Å². The minimum absolute atomic E-state index is 0.0648. The molecule has 11 heteroatoms. The van der Waals surface area contributed by atoms with E-state index >= 15 is 0 Å². The van der Waals surface area contributed by atoms with Gasteiger partial charge in [-0.2, -0.15) is 0 Å². The van der Waals surface area contributed by atoms with Crippen molar-refractivity contribution in [2.75, 3.05) is 26.2 Å². The molecule has 0 saturated heterocycles. The summed E-state index contributed by atoms with van der Waals surface area (Å²) in [5, 5.41) is 22.8. The first-order valence-electron chi connectivity index (χ1n) is 17.1. The van der Waals surface area contributed by atoms with E-state index in [1.807, 2.05) is 72.9 Å². The molecule has 2 aliphatic carbocycles. The normalized spacial score (nSPS) is 14.2. The topological polar surface area (TPSA) is 140 Å². The molecule has 0 aliphatic heterocycles. The van der Waals surface area contributed by atoms with Gasteiger partial charge in [-0.25, -0.2) is 0 Å². The third kappa shape index (κ3) is 10.4. The van der Waals surface area contributed by atoms with Gasteiger partial charge in [-0.3, -0.25) is 19.2 Å². The summed E-state index contributed by atoms with van der Waals surface area (Å²) >= 11 is 5.66. The van der Waals surface area contributed by atoms with Crippen LogP contribution in [0.3, 0.4) is 0 Å². The minimum atomic E-state index is -0.764. The van der Waals surface area contributed by atoms with Crippen LogP contribution >= 0.6 is 12.2 Å². The summed E-state index contributed by atoms with van der Waals surface area (Å²) in [6.45, 7) is 2.06. The molecule has 0 unspecified atom stereocenters. The largest absolute Gasteiger partial charge is 0.359 e. The third-order valence-corrected chi connectivity index (χ3v) is 8.88. The van der Waals surface area contributed by atoms with Gasteiger partial charge in [0, 0.05) is 39.1 Å². The van der Waals surface area contributed by atoms with Gasteiger partial charge in [-0.1, -0.05) is 97.1 Å². The molecule has 0 radical (unpaired) electrons. The Hall–Kier alpha value is -5.29. The number of carbonyl (C=O) groups is 4. The molecule has 10 nitrogen and oxygen atoms in total. The summed E-state index contributed by atoms with van der Waals surface area (Å²) in [5.41, 5.74) is 1.10. The average Bonchev–Trinajstić information content (AvgIpc) is 3.87. The van der Waals surface area contributed by atoms with E-state index in [9.17, 15) is 19.2 Å². The maximum Gasteiger partial charge on any atom is 0.242 e. The maximum atomic E-state index is 13.3. The van der Waals surface area contributed by atoms with E-state index in [2.05, 4.69) is 62.2 Å². The quantitative estimate of drug-likeness (QED) is 0.0718. The lowest BCUT2D eigenvalue weighted by Crippen LogP contribution is -2.50. The van der Waals surface area contributed by atoms with Crippen LogP contribution in [0.4, 0.5) is 0 Å². The molecule has 0 bridgehead atoms. The SMILES string of the molecule is O=C(CC[C@@H](NC(=S)NCc1c2ccccc2cc2ccccc12)C(=O)NCCCNC(=O)C1C=CC=C1)NCCCNC(=O)C1C=CC=C1. The van der Waals surface area contributed by atoms with Crippen LogP contribution in [0.1, 0.15) is 31.2 Å². The van der Waals surface area contributed by atoms with Crippen molar-refractivity contribution in [3.05, 3.63) is 109 Å². The molecule has 0 aromatic heterocycles. The van der Waals surface area contributed by atoms with E-state index < -0.39 is 6.04 Å². The highest BCUT2D eigenvalue weighted by atomic mass is 32.1. The Balaban J connectivity index is 1.12. The molecule has 260 valence electrons. The van der Waals surface area contributed by atoms with Crippen molar-refractivity contribution in [2.24, 2.45) is 11.8 Å². The van der Waals surface area contributed by atoms with Crippen LogP contribution in [-0.4, -0.2) is 61.0 Å². The highest BCUT2D eigenvalue weighted by molar-refractivity contribution is 7.80. The molecule has 3 aromatic rings. The first-order chi connectivity index (χ1) is 24.4. The Morgan fingerprint density at radius 1 is 0.640 bits per heavy atom. The van der Waals surface area contributed by atoms with Crippen LogP contribution in [0.5, 0.6) is 0 Å². The second kappa shape index (κ2) is 18.5. The number of thiocarbonyl (C=S) groups is 1. The number of hydrogen-bond acceptors (Lipinski definition) is 5. The van der Waals surface area contributed by atoms with Crippen molar-refractivity contribution >= 4 is 62.5 Å². The Bertz CT molecular complexity index is 1760. The van der Waals surface area contributed by atoms with Gasteiger partial charge in [-0.15, -0.1) is 0 Å². The highest BCUT2D eigenvalue weighted by Gasteiger charge is 2.21. The van der Waals surface area contributed by atoms with Crippen LogP contribution < -0.4 is 31.9 Å². The molecular weight excluding hydrogens is 649 g/mol. The van der Waals surface area contributed by atoms with Gasteiger partial charge >= 0.3 is 0 Å². The van der Waals surface area contributed by atoms with Crippen molar-refractivity contribution in [1.29, 1.82) is 0 Å². The summed E-state index contributed by atoms with van der Waals surface area (Å²) in [5.74, 6) is -1.12. The molecule has 0 saturated carbocycles. The first kappa shape index (κ1) is 36.0. The number of fused-ring (bicyclic) bond motifs is 2. The van der Waals surface area contributed by atoms with E-state index in [0.29, 0.717) is 50.7 Å².